The van der Waals surface area contributed by atoms with Crippen LogP contribution in [0.15, 0.2) is 54.6 Å². The van der Waals surface area contributed by atoms with Crippen LogP contribution < -0.4 is 10.2 Å². The molecule has 6 heteroatoms. The second-order valence-corrected chi connectivity index (χ2v) is 8.91. The molecule has 0 bridgehead atoms. The van der Waals surface area contributed by atoms with Gasteiger partial charge in [-0.3, -0.25) is 14.5 Å². The quantitative estimate of drug-likeness (QED) is 0.705. The molecule has 1 aliphatic heterocycles. The fourth-order valence-corrected chi connectivity index (χ4v) is 4.48. The largest absolute Gasteiger partial charge is 0.394 e. The van der Waals surface area contributed by atoms with Crippen molar-refractivity contribution in [3.8, 4) is 0 Å². The van der Waals surface area contributed by atoms with Crippen LogP contribution in [0.25, 0.3) is 0 Å². The average molecular weight is 452 g/mol. The third kappa shape index (κ3) is 7.98. The number of nitrogens with zero attached hydrogens (tertiary/aromatic N) is 2. The van der Waals surface area contributed by atoms with Gasteiger partial charge in [-0.2, -0.15) is 0 Å². The number of para-hydroxylation sites is 1. The van der Waals surface area contributed by atoms with Crippen molar-refractivity contribution in [2.75, 3.05) is 31.1 Å². The highest BCUT2D eigenvalue weighted by molar-refractivity contribution is 5.92. The number of fused-ring (bicyclic) bond motifs is 1. The Bertz CT molecular complexity index is 887. The van der Waals surface area contributed by atoms with Crippen molar-refractivity contribution < 1.29 is 14.7 Å². The molecule has 0 saturated carbocycles. The third-order valence-electron chi connectivity index (χ3n) is 6.19. The van der Waals surface area contributed by atoms with Gasteiger partial charge in [0.25, 0.3) is 0 Å². The van der Waals surface area contributed by atoms with Crippen LogP contribution >= 0.6 is 0 Å². The zero-order valence-corrected chi connectivity index (χ0v) is 19.7. The summed E-state index contributed by atoms with van der Waals surface area (Å²) >= 11 is 0. The zero-order chi connectivity index (χ0) is 23.5. The molecule has 3 rings (SSSR count). The molecule has 2 aromatic carbocycles. The smallest absolute Gasteiger partial charge is 0.234 e. The topological polar surface area (TPSA) is 72.9 Å². The fraction of sp³-hybridized carbons (Fsp3) is 0.481. The lowest BCUT2D eigenvalue weighted by atomic mass is 10.1. The lowest BCUT2D eigenvalue weighted by molar-refractivity contribution is -0.123. The van der Waals surface area contributed by atoms with E-state index in [2.05, 4.69) is 10.2 Å². The number of nitrogens with one attached hydrogen (secondary N) is 1. The Morgan fingerprint density at radius 1 is 0.939 bits per heavy atom. The Hall–Kier alpha value is -2.70. The Labute approximate surface area is 197 Å². The van der Waals surface area contributed by atoms with E-state index in [0.717, 1.165) is 62.0 Å². The van der Waals surface area contributed by atoms with E-state index in [1.54, 1.807) is 6.92 Å². The monoisotopic (exact) mass is 451 g/mol. The summed E-state index contributed by atoms with van der Waals surface area (Å²) in [7, 11) is 0. The minimum absolute atomic E-state index is 0.0514. The number of hydrogen-bond donors (Lipinski definition) is 2. The Kier molecular flexibility index (Phi) is 9.91. The summed E-state index contributed by atoms with van der Waals surface area (Å²) in [6.45, 7) is 3.94. The van der Waals surface area contributed by atoms with Crippen LogP contribution in [0.3, 0.4) is 0 Å². The molecular formula is C27H37N3O3. The lowest BCUT2D eigenvalue weighted by Gasteiger charge is -2.29. The van der Waals surface area contributed by atoms with Crippen LogP contribution in [0.5, 0.6) is 0 Å². The molecule has 0 aromatic heterocycles. The van der Waals surface area contributed by atoms with Gasteiger partial charge in [0.2, 0.25) is 11.8 Å². The minimum atomic E-state index is -0.312. The first-order valence-electron chi connectivity index (χ1n) is 12.1. The van der Waals surface area contributed by atoms with Crippen molar-refractivity contribution in [3.63, 3.8) is 0 Å². The van der Waals surface area contributed by atoms with Crippen LogP contribution in [0.4, 0.5) is 5.69 Å². The number of anilines is 1. The van der Waals surface area contributed by atoms with Gasteiger partial charge in [-0.05, 0) is 43.0 Å². The van der Waals surface area contributed by atoms with Crippen LogP contribution in [0.2, 0.25) is 0 Å². The number of aliphatic hydroxyl groups excluding tert-OH is 1. The summed E-state index contributed by atoms with van der Waals surface area (Å²) in [5.74, 6) is -0.0338. The van der Waals surface area contributed by atoms with E-state index in [1.807, 2.05) is 59.5 Å². The molecule has 1 atom stereocenters. The maximum absolute atomic E-state index is 12.9. The number of hydrogen-bond acceptors (Lipinski definition) is 4. The second-order valence-electron chi connectivity index (χ2n) is 8.91. The molecule has 1 heterocycles. The molecule has 0 fully saturated rings. The van der Waals surface area contributed by atoms with Crippen LogP contribution in [0, 0.1) is 0 Å². The molecule has 2 N–H and O–H groups in total. The van der Waals surface area contributed by atoms with E-state index in [4.69, 9.17) is 0 Å². The number of carbonyl (C=O) groups excluding carboxylic acids is 2. The predicted molar refractivity (Wildman–Crippen MR) is 132 cm³/mol. The molecule has 6 nitrogen and oxygen atoms in total. The highest BCUT2D eigenvalue weighted by atomic mass is 16.3. The van der Waals surface area contributed by atoms with Gasteiger partial charge in [0, 0.05) is 25.7 Å². The van der Waals surface area contributed by atoms with E-state index in [9.17, 15) is 14.7 Å². The lowest BCUT2D eigenvalue weighted by Crippen LogP contribution is -2.44. The van der Waals surface area contributed by atoms with E-state index < -0.39 is 0 Å². The SMILES string of the molecule is CC(=O)N1CCCCCCCN(CC(=O)N[C@H](CO)Cc2ccccc2)Cc2ccccc21. The standard InChI is InChI=1S/C27H37N3O3/c1-22(32)30-17-11-4-2-3-10-16-29(19-24-14-8-9-15-26(24)30)20-27(33)28-25(21-31)18-23-12-6-5-7-13-23/h5-9,12-15,25,31H,2-4,10-11,16-21H2,1H3,(H,28,33)/t25-/m0/s1. The van der Waals surface area contributed by atoms with Crippen molar-refractivity contribution in [1.82, 2.24) is 10.2 Å². The molecule has 1 aliphatic rings. The van der Waals surface area contributed by atoms with E-state index in [1.165, 1.54) is 0 Å². The molecule has 0 spiro atoms. The maximum atomic E-state index is 12.9. The molecule has 0 saturated heterocycles. The van der Waals surface area contributed by atoms with E-state index in [0.29, 0.717) is 13.0 Å². The number of carbonyl (C=O) groups is 2. The van der Waals surface area contributed by atoms with E-state index >= 15 is 0 Å². The highest BCUT2D eigenvalue weighted by Gasteiger charge is 2.20. The van der Waals surface area contributed by atoms with Crippen LogP contribution in [0.1, 0.15) is 50.2 Å². The van der Waals surface area contributed by atoms with Gasteiger partial charge >= 0.3 is 0 Å². The summed E-state index contributed by atoms with van der Waals surface area (Å²) in [4.78, 5) is 29.3. The number of aliphatic hydroxyl groups is 1. The van der Waals surface area contributed by atoms with Crippen molar-refractivity contribution in [2.45, 2.75) is 58.0 Å². The molecule has 2 aromatic rings. The Morgan fingerprint density at radius 2 is 1.61 bits per heavy atom. The molecular weight excluding hydrogens is 414 g/mol. The fourth-order valence-electron chi connectivity index (χ4n) is 4.48. The highest BCUT2D eigenvalue weighted by Crippen LogP contribution is 2.24. The van der Waals surface area contributed by atoms with Crippen LogP contribution in [-0.4, -0.2) is 54.1 Å². The summed E-state index contributed by atoms with van der Waals surface area (Å²) in [5, 5.41) is 12.8. The first-order chi connectivity index (χ1) is 16.1. The molecule has 2 amide bonds. The average Bonchev–Trinajstić information content (AvgIpc) is 2.80. The normalized spacial score (nSPS) is 16.7. The van der Waals surface area contributed by atoms with Crippen molar-refractivity contribution in [1.29, 1.82) is 0 Å². The minimum Gasteiger partial charge on any atom is -0.394 e. The van der Waals surface area contributed by atoms with Gasteiger partial charge in [-0.25, -0.2) is 0 Å². The summed E-state index contributed by atoms with van der Waals surface area (Å²) in [5.41, 5.74) is 3.08. The van der Waals surface area contributed by atoms with E-state index in [-0.39, 0.29) is 31.0 Å². The zero-order valence-electron chi connectivity index (χ0n) is 19.7. The molecule has 33 heavy (non-hydrogen) atoms. The first kappa shape index (κ1) is 24.9. The summed E-state index contributed by atoms with van der Waals surface area (Å²) in [6, 6.07) is 17.6. The van der Waals surface area contributed by atoms with Gasteiger partial charge in [-0.15, -0.1) is 0 Å². The molecule has 178 valence electrons. The van der Waals surface area contributed by atoms with Crippen molar-refractivity contribution >= 4 is 17.5 Å². The Balaban J connectivity index is 1.70. The van der Waals surface area contributed by atoms with Crippen molar-refractivity contribution in [2.24, 2.45) is 0 Å². The first-order valence-corrected chi connectivity index (χ1v) is 12.1. The van der Waals surface area contributed by atoms with Gasteiger partial charge < -0.3 is 15.3 Å². The van der Waals surface area contributed by atoms with Gasteiger partial charge in [-0.1, -0.05) is 67.8 Å². The third-order valence-corrected chi connectivity index (χ3v) is 6.19. The maximum Gasteiger partial charge on any atom is 0.234 e. The number of rotatable bonds is 6. The van der Waals surface area contributed by atoms with Crippen molar-refractivity contribution in [3.05, 3.63) is 65.7 Å². The Morgan fingerprint density at radius 3 is 2.33 bits per heavy atom. The summed E-state index contributed by atoms with van der Waals surface area (Å²) in [6.07, 6.45) is 6.00. The molecule has 0 radical (unpaired) electrons. The van der Waals surface area contributed by atoms with Crippen LogP contribution in [-0.2, 0) is 22.6 Å². The molecule has 0 aliphatic carbocycles. The number of benzene rings is 2. The molecule has 0 unspecified atom stereocenters. The number of amides is 2. The summed E-state index contributed by atoms with van der Waals surface area (Å²) < 4.78 is 0. The second kappa shape index (κ2) is 13.1. The predicted octanol–water partition coefficient (Wildman–Crippen LogP) is 3.53. The van der Waals surface area contributed by atoms with Gasteiger partial charge in [0.15, 0.2) is 0 Å². The van der Waals surface area contributed by atoms with Gasteiger partial charge in [0.05, 0.1) is 19.2 Å². The van der Waals surface area contributed by atoms with Gasteiger partial charge in [0.1, 0.15) is 0 Å².